The van der Waals surface area contributed by atoms with Crippen LogP contribution in [0.4, 0.5) is 0 Å². The van der Waals surface area contributed by atoms with Crippen LogP contribution in [-0.2, 0) is 32.7 Å². The fraction of sp³-hybridized carbons (Fsp3) is 0.702. The lowest BCUT2D eigenvalue weighted by atomic mass is 10.0. The zero-order chi connectivity index (χ0) is 75.4. The molecule has 0 aliphatic rings. The molecule has 0 fully saturated rings. The maximum absolute atomic E-state index is 12.9. The number of carbonyl (C=O) groups excluding carboxylic acids is 2. The van der Waals surface area contributed by atoms with Crippen molar-refractivity contribution in [1.82, 2.24) is 0 Å². The van der Waals surface area contributed by atoms with E-state index >= 15 is 0 Å². The topological polar surface area (TPSA) is 108 Å². The molecule has 596 valence electrons. The summed E-state index contributed by atoms with van der Waals surface area (Å²) >= 11 is 0. The second-order valence-electron chi connectivity index (χ2n) is 29.8. The smallest absolute Gasteiger partial charge is 0.462 e. The van der Waals surface area contributed by atoms with Crippen LogP contribution in [0.2, 0.25) is 0 Å². The molecular weight excluding hydrogens is 1300 g/mol. The van der Waals surface area contributed by atoms with Gasteiger partial charge in [-0.15, -0.1) is 0 Å². The number of hydrogen-bond acceptors (Lipinski definition) is 7. The number of esters is 2. The van der Waals surface area contributed by atoms with Crippen molar-refractivity contribution in [2.45, 2.75) is 380 Å². The van der Waals surface area contributed by atoms with Gasteiger partial charge in [0.1, 0.15) is 19.8 Å². The summed E-state index contributed by atoms with van der Waals surface area (Å²) in [5.41, 5.74) is 0. The molecule has 0 spiro atoms. The highest BCUT2D eigenvalue weighted by Gasteiger charge is 2.27. The van der Waals surface area contributed by atoms with Crippen molar-refractivity contribution < 1.29 is 42.1 Å². The Bertz CT molecular complexity index is 2320. The van der Waals surface area contributed by atoms with E-state index in [9.17, 15) is 19.0 Å². The maximum Gasteiger partial charge on any atom is 0.472 e. The third-order valence-corrected chi connectivity index (χ3v) is 19.5. The first-order valence-electron chi connectivity index (χ1n) is 43.2. The first-order chi connectivity index (χ1) is 51.0. The number of phosphoric ester groups is 1. The minimum absolute atomic E-state index is 0.0203. The number of quaternary nitrogens is 1. The van der Waals surface area contributed by atoms with E-state index in [0.29, 0.717) is 17.4 Å². The summed E-state index contributed by atoms with van der Waals surface area (Å²) in [4.78, 5) is 36.0. The molecule has 0 saturated carbocycles. The highest BCUT2D eigenvalue weighted by molar-refractivity contribution is 7.47. The van der Waals surface area contributed by atoms with E-state index in [1.807, 2.05) is 21.1 Å². The van der Waals surface area contributed by atoms with Crippen LogP contribution in [-0.4, -0.2) is 74.9 Å². The molecule has 0 aliphatic heterocycles. The molecule has 0 rings (SSSR count). The zero-order valence-electron chi connectivity index (χ0n) is 68.2. The van der Waals surface area contributed by atoms with Gasteiger partial charge in [-0.05, 0) is 128 Å². The van der Waals surface area contributed by atoms with Crippen LogP contribution in [0.1, 0.15) is 373 Å². The maximum atomic E-state index is 12.9. The van der Waals surface area contributed by atoms with Gasteiger partial charge in [0, 0.05) is 12.8 Å². The fourth-order valence-electron chi connectivity index (χ4n) is 12.0. The second-order valence-corrected chi connectivity index (χ2v) is 31.3. The van der Waals surface area contributed by atoms with Crippen molar-refractivity contribution in [2.24, 2.45) is 0 Å². The molecule has 0 aromatic heterocycles. The highest BCUT2D eigenvalue weighted by Crippen LogP contribution is 2.43. The summed E-state index contributed by atoms with van der Waals surface area (Å²) in [5, 5.41) is 0. The third kappa shape index (κ3) is 86.5. The van der Waals surface area contributed by atoms with Crippen molar-refractivity contribution in [3.05, 3.63) is 158 Å². The molecule has 9 nitrogen and oxygen atoms in total. The van der Waals surface area contributed by atoms with Gasteiger partial charge < -0.3 is 18.9 Å². The SMILES string of the molecule is CC/C=C\C/C=C\C/C=C\C/C=C\C/C=C\C/C=C\C/C=C\C/C=C\C/C=C\C/C=C\C/C=C\C/C=C\CCCCCCC(=O)OC(COC(=O)CCCCCCCCCCCCCCCCCCCCCCCCCCCCC/C=C\CCCCCCCCCC)COP(=O)(O)OCC[N+](C)(C)C. The average molecular weight is 1470 g/mol. The van der Waals surface area contributed by atoms with Crippen LogP contribution < -0.4 is 0 Å². The number of rotatable bonds is 79. The molecule has 10 heteroatoms. The van der Waals surface area contributed by atoms with Crippen molar-refractivity contribution in [3.8, 4) is 0 Å². The highest BCUT2D eigenvalue weighted by atomic mass is 31.2. The molecule has 104 heavy (non-hydrogen) atoms. The van der Waals surface area contributed by atoms with Gasteiger partial charge in [-0.25, -0.2) is 4.57 Å². The van der Waals surface area contributed by atoms with Gasteiger partial charge in [-0.2, -0.15) is 0 Å². The molecule has 2 unspecified atom stereocenters. The summed E-state index contributed by atoms with van der Waals surface area (Å²) in [6, 6.07) is 0. The predicted molar refractivity (Wildman–Crippen MR) is 454 cm³/mol. The Morgan fingerprint density at radius 3 is 0.827 bits per heavy atom. The van der Waals surface area contributed by atoms with Gasteiger partial charge in [0.05, 0.1) is 27.7 Å². The second kappa shape index (κ2) is 82.7. The summed E-state index contributed by atoms with van der Waals surface area (Å²) in [6.07, 6.45) is 124. The number of allylic oxidation sites excluding steroid dienone is 26. The van der Waals surface area contributed by atoms with E-state index in [4.69, 9.17) is 18.5 Å². The number of carbonyl (C=O) groups is 2. The molecule has 0 heterocycles. The molecule has 1 N–H and O–H groups in total. The van der Waals surface area contributed by atoms with Crippen LogP contribution in [0, 0.1) is 0 Å². The average Bonchev–Trinajstić information content (AvgIpc) is 0.920. The number of hydrogen-bond donors (Lipinski definition) is 1. The minimum atomic E-state index is -4.41. The Kier molecular flexibility index (Phi) is 79.2. The van der Waals surface area contributed by atoms with E-state index in [1.54, 1.807) is 0 Å². The van der Waals surface area contributed by atoms with Gasteiger partial charge in [-0.3, -0.25) is 18.6 Å². The van der Waals surface area contributed by atoms with Crippen molar-refractivity contribution in [1.29, 1.82) is 0 Å². The molecular formula is C94H163NO8P+. The molecule has 0 radical (unpaired) electrons. The van der Waals surface area contributed by atoms with E-state index in [0.717, 1.165) is 122 Å². The first-order valence-corrected chi connectivity index (χ1v) is 44.7. The van der Waals surface area contributed by atoms with E-state index in [-0.39, 0.29) is 32.0 Å². The Labute approximate surface area is 643 Å². The van der Waals surface area contributed by atoms with Crippen LogP contribution >= 0.6 is 7.82 Å². The Balaban J connectivity index is 4.02. The number of ether oxygens (including phenoxy) is 2. The lowest BCUT2D eigenvalue weighted by Gasteiger charge is -2.24. The lowest BCUT2D eigenvalue weighted by Crippen LogP contribution is -2.37. The summed E-state index contributed by atoms with van der Waals surface area (Å²) in [5.74, 6) is -0.823. The number of unbranched alkanes of at least 4 members (excludes halogenated alkanes) is 39. The van der Waals surface area contributed by atoms with Crippen LogP contribution in [0.25, 0.3) is 0 Å². The molecule has 0 aromatic carbocycles. The van der Waals surface area contributed by atoms with Crippen molar-refractivity contribution in [2.75, 3.05) is 47.5 Å². The standard InChI is InChI=1S/C94H162NO8P/c1-6-8-10-12-14-16-18-20-22-24-26-28-30-32-34-36-38-40-42-44-46-47-49-51-53-55-57-59-61-63-65-67-69-71-73-75-77-79-81-83-85-87-94(97)103-92(91-102-104(98,99)101-89-88-95(3,4)5)90-100-93(96)86-84-82-80-78-76-74-72-70-68-66-64-62-60-58-56-54-52-50-48-45-43-41-39-37-35-33-31-29-27-25-23-21-19-17-15-13-11-9-7-2/h8,10,14,16,20,22,25-28,32,34,38,40,44,46,49,51,55,57,61,63,67,69,73,75,92H,6-7,9,11-13,15,17-19,21,23-24,29-31,33,35-37,39,41-43,45,47-48,50,52-54,56,58-60,62,64-66,68,70-72,74,76-91H2,1-5H3/p+1/b10-8-,16-14-,22-20-,27-25-,28-26-,34-32-,40-38-,46-44-,51-49-,57-55-,63-61-,69-67-,75-73-. The largest absolute Gasteiger partial charge is 0.472 e. The van der Waals surface area contributed by atoms with E-state index in [2.05, 4.69) is 172 Å². The molecule has 0 bridgehead atoms. The van der Waals surface area contributed by atoms with Gasteiger partial charge >= 0.3 is 19.8 Å². The molecule has 0 saturated heterocycles. The fourth-order valence-corrected chi connectivity index (χ4v) is 12.7. The summed E-state index contributed by atoms with van der Waals surface area (Å²) in [7, 11) is 1.45. The molecule has 0 aliphatic carbocycles. The van der Waals surface area contributed by atoms with Gasteiger partial charge in [0.2, 0.25) is 0 Å². The Hall–Kier alpha value is -4.37. The van der Waals surface area contributed by atoms with Crippen LogP contribution in [0.5, 0.6) is 0 Å². The van der Waals surface area contributed by atoms with Crippen molar-refractivity contribution in [3.63, 3.8) is 0 Å². The van der Waals surface area contributed by atoms with E-state index in [1.165, 1.54) is 218 Å². The normalized spacial score (nSPS) is 13.8. The first kappa shape index (κ1) is 99.6. The van der Waals surface area contributed by atoms with E-state index < -0.39 is 26.5 Å². The monoisotopic (exact) mass is 1470 g/mol. The number of likely N-dealkylation sites (N-methyl/N-ethyl adjacent to an activating group) is 1. The van der Waals surface area contributed by atoms with Gasteiger partial charge in [-0.1, -0.05) is 390 Å². The lowest BCUT2D eigenvalue weighted by molar-refractivity contribution is -0.870. The molecule has 0 aromatic rings. The summed E-state index contributed by atoms with van der Waals surface area (Å²) in [6.45, 7) is 4.32. The van der Waals surface area contributed by atoms with Crippen LogP contribution in [0.15, 0.2) is 158 Å². The number of phosphoric acid groups is 1. The Morgan fingerprint density at radius 2 is 0.548 bits per heavy atom. The third-order valence-electron chi connectivity index (χ3n) is 18.5. The van der Waals surface area contributed by atoms with Crippen LogP contribution in [0.3, 0.4) is 0 Å². The Morgan fingerprint density at radius 1 is 0.308 bits per heavy atom. The number of nitrogens with zero attached hydrogens (tertiary/aromatic N) is 1. The van der Waals surface area contributed by atoms with Gasteiger partial charge in [0.25, 0.3) is 0 Å². The minimum Gasteiger partial charge on any atom is -0.462 e. The van der Waals surface area contributed by atoms with Gasteiger partial charge in [0.15, 0.2) is 6.10 Å². The molecule has 2 atom stereocenters. The quantitative estimate of drug-likeness (QED) is 0.0211. The summed E-state index contributed by atoms with van der Waals surface area (Å²) < 4.78 is 34.8. The molecule has 0 amide bonds. The zero-order valence-corrected chi connectivity index (χ0v) is 69.1. The predicted octanol–water partition coefficient (Wildman–Crippen LogP) is 29.4. The van der Waals surface area contributed by atoms with Crippen molar-refractivity contribution >= 4 is 19.8 Å².